The molecule has 0 aromatic heterocycles. The van der Waals surface area contributed by atoms with Gasteiger partial charge in [0.1, 0.15) is 11.8 Å². The number of carbonyl (C=O) groups excluding carboxylic acids is 2. The van der Waals surface area contributed by atoms with Crippen LogP contribution in [0.25, 0.3) is 0 Å². The number of rotatable bonds is 3. The van der Waals surface area contributed by atoms with Crippen molar-refractivity contribution in [1.82, 2.24) is 9.80 Å². The summed E-state index contributed by atoms with van der Waals surface area (Å²) in [6.07, 6.45) is 3.51. The molecule has 28 heavy (non-hydrogen) atoms. The van der Waals surface area contributed by atoms with Gasteiger partial charge in [-0.1, -0.05) is 6.07 Å². The van der Waals surface area contributed by atoms with Crippen LogP contribution in [-0.4, -0.2) is 63.5 Å². The number of amides is 2. The second kappa shape index (κ2) is 6.79. The van der Waals surface area contributed by atoms with Gasteiger partial charge in [0.2, 0.25) is 5.91 Å². The molecule has 1 atom stereocenters. The van der Waals surface area contributed by atoms with E-state index in [1.165, 1.54) is 0 Å². The summed E-state index contributed by atoms with van der Waals surface area (Å²) in [5, 5.41) is 19.7. The quantitative estimate of drug-likeness (QED) is 0.828. The Morgan fingerprint density at radius 2 is 1.82 bits per heavy atom. The number of benzene rings is 1. The summed E-state index contributed by atoms with van der Waals surface area (Å²) in [7, 11) is 0. The molecule has 2 aliphatic heterocycles. The summed E-state index contributed by atoms with van der Waals surface area (Å²) in [5.74, 6) is -1.17. The Labute approximate surface area is 163 Å². The molecule has 150 valence electrons. The van der Waals surface area contributed by atoms with Crippen molar-refractivity contribution in [3.8, 4) is 5.75 Å². The van der Waals surface area contributed by atoms with Crippen LogP contribution >= 0.6 is 0 Å². The molecule has 1 aromatic rings. The average Bonchev–Trinajstić information content (AvgIpc) is 3.44. The predicted molar refractivity (Wildman–Crippen MR) is 101 cm³/mol. The first-order valence-electron chi connectivity index (χ1n) is 9.92. The van der Waals surface area contributed by atoms with Crippen molar-refractivity contribution >= 4 is 17.8 Å². The van der Waals surface area contributed by atoms with Crippen LogP contribution in [0.4, 0.5) is 0 Å². The van der Waals surface area contributed by atoms with Crippen LogP contribution in [0.15, 0.2) is 18.2 Å². The highest BCUT2D eigenvalue weighted by molar-refractivity contribution is 5.97. The van der Waals surface area contributed by atoms with Gasteiger partial charge in [-0.15, -0.1) is 0 Å². The van der Waals surface area contributed by atoms with E-state index in [4.69, 9.17) is 0 Å². The van der Waals surface area contributed by atoms with Gasteiger partial charge in [0.15, 0.2) is 0 Å². The molecule has 2 N–H and O–H groups in total. The molecule has 1 aromatic carbocycles. The van der Waals surface area contributed by atoms with Crippen molar-refractivity contribution in [2.24, 2.45) is 11.3 Å². The van der Waals surface area contributed by atoms with E-state index in [9.17, 15) is 24.6 Å². The van der Waals surface area contributed by atoms with Crippen molar-refractivity contribution in [1.29, 1.82) is 0 Å². The lowest BCUT2D eigenvalue weighted by Gasteiger charge is -2.39. The molecule has 2 saturated heterocycles. The smallest absolute Gasteiger partial charge is 0.326 e. The van der Waals surface area contributed by atoms with Gasteiger partial charge in [-0.3, -0.25) is 9.59 Å². The number of phenolic OH excluding ortho intramolecular Hbond substituents is 1. The fraction of sp³-hybridized carbons (Fsp3) is 0.571. The topological polar surface area (TPSA) is 98.2 Å². The molecule has 2 amide bonds. The van der Waals surface area contributed by atoms with Crippen LogP contribution in [0.2, 0.25) is 0 Å². The third-order valence-corrected chi connectivity index (χ3v) is 6.50. The van der Waals surface area contributed by atoms with Gasteiger partial charge in [-0.2, -0.15) is 0 Å². The Kier molecular flexibility index (Phi) is 4.56. The van der Waals surface area contributed by atoms with E-state index in [1.807, 2.05) is 6.92 Å². The van der Waals surface area contributed by atoms with Crippen LogP contribution in [0, 0.1) is 18.3 Å². The number of likely N-dealkylation sites (tertiary alicyclic amines) is 2. The van der Waals surface area contributed by atoms with E-state index in [-0.39, 0.29) is 28.9 Å². The fourth-order valence-electron chi connectivity index (χ4n) is 4.61. The number of aliphatic carboxylic acids is 1. The minimum Gasteiger partial charge on any atom is -0.507 e. The molecular formula is C21H26N2O5. The van der Waals surface area contributed by atoms with E-state index in [0.717, 1.165) is 18.4 Å². The van der Waals surface area contributed by atoms with Crippen molar-refractivity contribution in [2.75, 3.05) is 19.6 Å². The summed E-state index contributed by atoms with van der Waals surface area (Å²) in [4.78, 5) is 40.3. The molecule has 3 aliphatic rings. The number of aryl methyl sites for hydroxylation is 1. The molecule has 0 unspecified atom stereocenters. The molecule has 4 rings (SSSR count). The van der Waals surface area contributed by atoms with Crippen molar-refractivity contribution < 1.29 is 24.6 Å². The average molecular weight is 386 g/mol. The monoisotopic (exact) mass is 386 g/mol. The highest BCUT2D eigenvalue weighted by Gasteiger charge is 2.52. The summed E-state index contributed by atoms with van der Waals surface area (Å²) >= 11 is 0. The van der Waals surface area contributed by atoms with E-state index in [2.05, 4.69) is 0 Å². The standard InChI is InChI=1S/C21H26N2O5/c1-13-2-5-15(17(24)10-13)19(26)22-8-6-21(7-9-22)11-16(20(27)28)23(12-21)18(25)14-3-4-14/h2,5,10,14,16,24H,3-4,6-9,11-12H2,1H3,(H,27,28)/t16-/m1/s1. The zero-order valence-corrected chi connectivity index (χ0v) is 16.1. The minimum absolute atomic E-state index is 0.00294. The molecule has 1 aliphatic carbocycles. The SMILES string of the molecule is Cc1ccc(C(=O)N2CCC3(CC2)C[C@H](C(=O)O)N(C(=O)C2CC2)C3)c(O)c1. The maximum absolute atomic E-state index is 12.8. The molecule has 7 nitrogen and oxygen atoms in total. The van der Waals surface area contributed by atoms with Gasteiger partial charge in [-0.05, 0) is 62.1 Å². The summed E-state index contributed by atoms with van der Waals surface area (Å²) in [6, 6.07) is 4.27. The third-order valence-electron chi connectivity index (χ3n) is 6.50. The molecule has 1 spiro atoms. The van der Waals surface area contributed by atoms with Crippen molar-refractivity contribution in [2.45, 2.75) is 45.1 Å². The Balaban J connectivity index is 1.45. The van der Waals surface area contributed by atoms with Gasteiger partial charge >= 0.3 is 5.97 Å². The highest BCUT2D eigenvalue weighted by Crippen LogP contribution is 2.45. The van der Waals surface area contributed by atoms with E-state index in [0.29, 0.717) is 44.5 Å². The number of carboxylic acids is 1. The number of aromatic hydroxyl groups is 1. The number of phenols is 1. The largest absolute Gasteiger partial charge is 0.507 e. The second-order valence-corrected chi connectivity index (χ2v) is 8.61. The first kappa shape index (κ1) is 18.8. The molecule has 0 radical (unpaired) electrons. The summed E-state index contributed by atoms with van der Waals surface area (Å²) in [6.45, 7) is 3.33. The van der Waals surface area contributed by atoms with Gasteiger partial charge in [0.25, 0.3) is 5.91 Å². The number of nitrogens with zero attached hydrogens (tertiary/aromatic N) is 2. The van der Waals surface area contributed by atoms with Crippen LogP contribution < -0.4 is 0 Å². The lowest BCUT2D eigenvalue weighted by atomic mass is 9.76. The molecule has 2 heterocycles. The number of carbonyl (C=O) groups is 3. The van der Waals surface area contributed by atoms with E-state index >= 15 is 0 Å². The normalized spacial score (nSPS) is 23.8. The van der Waals surface area contributed by atoms with Crippen LogP contribution in [0.1, 0.15) is 48.0 Å². The highest BCUT2D eigenvalue weighted by atomic mass is 16.4. The molecule has 1 saturated carbocycles. The first-order valence-corrected chi connectivity index (χ1v) is 9.92. The van der Waals surface area contributed by atoms with Gasteiger partial charge in [0, 0.05) is 25.6 Å². The Hall–Kier alpha value is -2.57. The minimum atomic E-state index is -0.936. The van der Waals surface area contributed by atoms with Gasteiger partial charge in [-0.25, -0.2) is 4.79 Å². The predicted octanol–water partition coefficient (Wildman–Crippen LogP) is 2.02. The van der Waals surface area contributed by atoms with E-state index < -0.39 is 12.0 Å². The maximum atomic E-state index is 12.8. The Morgan fingerprint density at radius 1 is 1.14 bits per heavy atom. The Bertz CT molecular complexity index is 824. The lowest BCUT2D eigenvalue weighted by Crippen LogP contribution is -2.45. The van der Waals surface area contributed by atoms with Gasteiger partial charge in [0.05, 0.1) is 5.56 Å². The second-order valence-electron chi connectivity index (χ2n) is 8.61. The maximum Gasteiger partial charge on any atom is 0.326 e. The lowest BCUT2D eigenvalue weighted by molar-refractivity contribution is -0.148. The summed E-state index contributed by atoms with van der Waals surface area (Å²) in [5.41, 5.74) is 0.944. The number of carboxylic acid groups (broad SMARTS) is 1. The first-order chi connectivity index (χ1) is 13.3. The number of piperidine rings is 1. The molecule has 3 fully saturated rings. The van der Waals surface area contributed by atoms with Crippen LogP contribution in [0.5, 0.6) is 5.75 Å². The zero-order chi connectivity index (χ0) is 20.1. The Morgan fingerprint density at radius 3 is 2.39 bits per heavy atom. The molecular weight excluding hydrogens is 360 g/mol. The van der Waals surface area contributed by atoms with Crippen LogP contribution in [-0.2, 0) is 9.59 Å². The summed E-state index contributed by atoms with van der Waals surface area (Å²) < 4.78 is 0. The molecule has 0 bridgehead atoms. The van der Waals surface area contributed by atoms with E-state index in [1.54, 1.807) is 28.0 Å². The van der Waals surface area contributed by atoms with Crippen molar-refractivity contribution in [3.63, 3.8) is 0 Å². The van der Waals surface area contributed by atoms with Crippen molar-refractivity contribution in [3.05, 3.63) is 29.3 Å². The molecule has 7 heteroatoms. The van der Waals surface area contributed by atoms with Crippen LogP contribution in [0.3, 0.4) is 0 Å². The zero-order valence-electron chi connectivity index (χ0n) is 16.1. The fourth-order valence-corrected chi connectivity index (χ4v) is 4.61. The third kappa shape index (κ3) is 3.34. The number of hydrogen-bond donors (Lipinski definition) is 2. The van der Waals surface area contributed by atoms with Gasteiger partial charge < -0.3 is 20.0 Å². The number of hydrogen-bond acceptors (Lipinski definition) is 4.